The number of aromatic nitrogens is 6. The molecule has 94 heavy (non-hydrogen) atoms. The zero-order valence-electron chi connectivity index (χ0n) is 50.0. The van der Waals surface area contributed by atoms with E-state index in [-0.39, 0.29) is 16.7 Å². The summed E-state index contributed by atoms with van der Waals surface area (Å²) in [5.41, 5.74) is 16.7. The fourth-order valence-electron chi connectivity index (χ4n) is 12.9. The molecular formula is C83H49F3N8. The van der Waals surface area contributed by atoms with Crippen LogP contribution in [0.25, 0.3) is 156 Å². The predicted molar refractivity (Wildman–Crippen MR) is 370 cm³/mol. The summed E-state index contributed by atoms with van der Waals surface area (Å²) in [4.78, 5) is 20.7. The van der Waals surface area contributed by atoms with E-state index in [1.165, 1.54) is 6.07 Å². The molecule has 0 atom stereocenters. The Morgan fingerprint density at radius 3 is 0.830 bits per heavy atom. The van der Waals surface area contributed by atoms with E-state index in [2.05, 4.69) is 30.3 Å². The first-order valence-electron chi connectivity index (χ1n) is 30.6. The highest BCUT2D eigenvalue weighted by molar-refractivity contribution is 6.14. The molecule has 6 heterocycles. The van der Waals surface area contributed by atoms with Gasteiger partial charge in [0, 0.05) is 66.1 Å². The number of alkyl halides is 3. The van der Waals surface area contributed by atoms with Gasteiger partial charge in [-0.25, -0.2) is 19.9 Å². The number of nitrogens with zero attached hydrogens (tertiary/aromatic N) is 8. The van der Waals surface area contributed by atoms with E-state index < -0.39 is 11.7 Å². The van der Waals surface area contributed by atoms with Crippen LogP contribution >= 0.6 is 0 Å². The molecule has 0 unspecified atom stereocenters. The molecule has 0 aliphatic heterocycles. The molecule has 0 fully saturated rings. The van der Waals surface area contributed by atoms with Crippen molar-refractivity contribution in [2.75, 3.05) is 0 Å². The second-order valence-electron chi connectivity index (χ2n) is 23.1. The van der Waals surface area contributed by atoms with Crippen molar-refractivity contribution in [2.45, 2.75) is 6.18 Å². The van der Waals surface area contributed by atoms with E-state index in [1.807, 2.05) is 258 Å². The summed E-state index contributed by atoms with van der Waals surface area (Å²) in [7, 11) is 0. The molecule has 442 valence electrons. The lowest BCUT2D eigenvalue weighted by atomic mass is 9.96. The fourth-order valence-corrected chi connectivity index (χ4v) is 12.9. The van der Waals surface area contributed by atoms with E-state index in [0.717, 1.165) is 146 Å². The zero-order chi connectivity index (χ0) is 63.4. The maximum Gasteiger partial charge on any atom is 0.416 e. The number of nitriles is 2. The molecule has 0 radical (unpaired) electrons. The van der Waals surface area contributed by atoms with E-state index >= 15 is 13.2 Å². The molecule has 0 amide bonds. The second kappa shape index (κ2) is 23.2. The number of fused-ring (bicyclic) bond motifs is 6. The third-order valence-electron chi connectivity index (χ3n) is 17.4. The third-order valence-corrected chi connectivity index (χ3v) is 17.4. The van der Waals surface area contributed by atoms with E-state index in [0.29, 0.717) is 16.9 Å². The Morgan fingerprint density at radius 2 is 0.553 bits per heavy atom. The molecule has 16 aromatic rings. The van der Waals surface area contributed by atoms with Crippen molar-refractivity contribution in [3.05, 3.63) is 314 Å². The van der Waals surface area contributed by atoms with Crippen LogP contribution < -0.4 is 0 Å². The molecule has 8 nitrogen and oxygen atoms in total. The van der Waals surface area contributed by atoms with Crippen LogP contribution in [0.5, 0.6) is 0 Å². The van der Waals surface area contributed by atoms with Crippen LogP contribution in [0.15, 0.2) is 297 Å². The van der Waals surface area contributed by atoms with Crippen LogP contribution in [0, 0.1) is 22.7 Å². The lowest BCUT2D eigenvalue weighted by Gasteiger charge is -2.19. The SMILES string of the molecule is N#Cc1cc(-c2cc(-n3c4ccc(-c5cccc(-c6ccccc6)n5)cc4c4cc(-c5cccc(-c6ccccc6)n5)ccc43)c(C#N)c(-n3c4ccc(-c5cccc(-c6ccccc6)n5)cc4c4cc(-c5cccc(-c6ccccc6)n5)ccc43)c2)cc(C(F)(F)F)c1. The van der Waals surface area contributed by atoms with Gasteiger partial charge >= 0.3 is 6.18 Å². The van der Waals surface area contributed by atoms with Crippen LogP contribution in [0.3, 0.4) is 0 Å². The van der Waals surface area contributed by atoms with Crippen molar-refractivity contribution in [3.8, 4) is 125 Å². The van der Waals surface area contributed by atoms with Gasteiger partial charge in [0.05, 0.1) is 96.2 Å². The molecule has 0 aliphatic carbocycles. The topological polar surface area (TPSA) is 109 Å². The van der Waals surface area contributed by atoms with Crippen molar-refractivity contribution in [3.63, 3.8) is 0 Å². The van der Waals surface area contributed by atoms with Gasteiger partial charge in [-0.2, -0.15) is 23.7 Å². The van der Waals surface area contributed by atoms with Crippen molar-refractivity contribution < 1.29 is 13.2 Å². The van der Waals surface area contributed by atoms with Gasteiger partial charge in [-0.15, -0.1) is 0 Å². The van der Waals surface area contributed by atoms with Crippen LogP contribution in [-0.2, 0) is 6.18 Å². The highest BCUT2D eigenvalue weighted by Crippen LogP contribution is 2.45. The number of halogens is 3. The Morgan fingerprint density at radius 1 is 0.266 bits per heavy atom. The molecule has 0 saturated carbocycles. The first-order chi connectivity index (χ1) is 46.1. The first-order valence-corrected chi connectivity index (χ1v) is 30.6. The van der Waals surface area contributed by atoms with Gasteiger partial charge in [-0.1, -0.05) is 170 Å². The van der Waals surface area contributed by atoms with Gasteiger partial charge in [-0.3, -0.25) is 0 Å². The summed E-state index contributed by atoms with van der Waals surface area (Å²) in [6.45, 7) is 0. The van der Waals surface area contributed by atoms with Gasteiger partial charge in [0.1, 0.15) is 11.6 Å². The summed E-state index contributed by atoms with van der Waals surface area (Å²) in [5, 5.41) is 25.8. The maximum absolute atomic E-state index is 15.1. The Balaban J connectivity index is 0.971. The summed E-state index contributed by atoms with van der Waals surface area (Å²) >= 11 is 0. The van der Waals surface area contributed by atoms with Crippen molar-refractivity contribution in [2.24, 2.45) is 0 Å². The smallest absolute Gasteiger partial charge is 0.308 e. The molecule has 0 saturated heterocycles. The van der Waals surface area contributed by atoms with Crippen LogP contribution in [0.1, 0.15) is 16.7 Å². The molecule has 0 N–H and O–H groups in total. The third kappa shape index (κ3) is 10.3. The molecule has 0 aliphatic rings. The Hall–Kier alpha value is -12.8. The molecule has 10 aromatic carbocycles. The maximum atomic E-state index is 15.1. The number of rotatable bonds is 11. The quantitative estimate of drug-likeness (QED) is 0.128. The van der Waals surface area contributed by atoms with Gasteiger partial charge in [0.15, 0.2) is 0 Å². The molecule has 6 aromatic heterocycles. The number of hydrogen-bond acceptors (Lipinski definition) is 6. The summed E-state index contributed by atoms with van der Waals surface area (Å²) in [5.74, 6) is 0. The average molecular weight is 1220 g/mol. The normalized spacial score (nSPS) is 11.5. The van der Waals surface area contributed by atoms with E-state index in [1.54, 1.807) is 12.1 Å². The summed E-state index contributed by atoms with van der Waals surface area (Å²) in [6, 6.07) is 100. The standard InChI is InChI=1S/C83H49F3N8/c84-83(85,86)63-42-52(50-87)41-61(43-63)62-48-81(93-77-37-33-57(73-29-13-25-69(89-73)53-17-5-1-6-18-53)44-64(77)65-45-58(34-38-78(65)93)74-30-14-26-70(90-74)54-19-7-2-8-20-54)68(51-88)82(49-62)94-79-39-35-59(75-31-15-27-71(91-75)55-21-9-3-10-22-55)46-66(79)67-47-60(36-40-80(67)94)76-32-16-28-72(92-76)56-23-11-4-12-24-56/h1-49H. The van der Waals surface area contributed by atoms with E-state index in [4.69, 9.17) is 19.9 Å². The van der Waals surface area contributed by atoms with Crippen LogP contribution in [-0.4, -0.2) is 29.1 Å². The Labute approximate surface area is 538 Å². The van der Waals surface area contributed by atoms with Gasteiger partial charge in [-0.05, 0) is 139 Å². The minimum absolute atomic E-state index is 0.136. The Bertz CT molecular complexity index is 5160. The largest absolute Gasteiger partial charge is 0.416 e. The van der Waals surface area contributed by atoms with Crippen LogP contribution in [0.2, 0.25) is 0 Å². The molecule has 0 spiro atoms. The lowest BCUT2D eigenvalue weighted by molar-refractivity contribution is -0.137. The van der Waals surface area contributed by atoms with Gasteiger partial charge in [0.25, 0.3) is 0 Å². The predicted octanol–water partition coefficient (Wildman–Crippen LogP) is 21.2. The monoisotopic (exact) mass is 1210 g/mol. The van der Waals surface area contributed by atoms with E-state index in [9.17, 15) is 10.5 Å². The van der Waals surface area contributed by atoms with Crippen molar-refractivity contribution in [1.29, 1.82) is 10.5 Å². The zero-order valence-corrected chi connectivity index (χ0v) is 50.0. The average Bonchev–Trinajstić information content (AvgIpc) is 1.64. The lowest BCUT2D eigenvalue weighted by Crippen LogP contribution is -2.07. The first kappa shape index (κ1) is 56.4. The second-order valence-corrected chi connectivity index (χ2v) is 23.1. The van der Waals surface area contributed by atoms with Gasteiger partial charge in [0.2, 0.25) is 0 Å². The summed E-state index contributed by atoms with van der Waals surface area (Å²) < 4.78 is 49.4. The van der Waals surface area contributed by atoms with Gasteiger partial charge < -0.3 is 9.13 Å². The molecule has 0 bridgehead atoms. The molecule has 11 heteroatoms. The minimum Gasteiger partial charge on any atom is -0.308 e. The highest BCUT2D eigenvalue weighted by atomic mass is 19.4. The number of hydrogen-bond donors (Lipinski definition) is 0. The van der Waals surface area contributed by atoms with Crippen molar-refractivity contribution in [1.82, 2.24) is 29.1 Å². The Kier molecular flexibility index (Phi) is 13.9. The fraction of sp³-hybridized carbons (Fsp3) is 0.0120. The van der Waals surface area contributed by atoms with Crippen molar-refractivity contribution >= 4 is 43.6 Å². The molecular weight excluding hydrogens is 1170 g/mol. The minimum atomic E-state index is -4.79. The summed E-state index contributed by atoms with van der Waals surface area (Å²) in [6.07, 6.45) is -4.79. The number of benzene rings is 10. The molecule has 16 rings (SSSR count). The number of pyridine rings is 4. The van der Waals surface area contributed by atoms with Crippen LogP contribution in [0.4, 0.5) is 13.2 Å². The highest BCUT2D eigenvalue weighted by Gasteiger charge is 2.32.